The van der Waals surface area contributed by atoms with Crippen LogP contribution in [0.15, 0.2) is 24.3 Å². The zero-order valence-corrected chi connectivity index (χ0v) is 9.97. The molecular weight excluding hydrogens is 236 g/mol. The molecule has 2 amide bonds. The molecule has 0 heterocycles. The number of ether oxygens (including phenoxy) is 1. The van der Waals surface area contributed by atoms with Crippen molar-refractivity contribution in [1.29, 1.82) is 0 Å². The second-order valence-corrected chi connectivity index (χ2v) is 3.62. The van der Waals surface area contributed by atoms with Gasteiger partial charge in [-0.15, -0.1) is 0 Å². The SMILES string of the molecule is COc1ccc(CC(C(=O)NN)C(=O)NN)cc1. The molecule has 1 rings (SSSR count). The number of methoxy groups -OCH3 is 1. The van der Waals surface area contributed by atoms with Gasteiger partial charge in [-0.2, -0.15) is 0 Å². The molecule has 0 aliphatic heterocycles. The predicted molar refractivity (Wildman–Crippen MR) is 64.8 cm³/mol. The van der Waals surface area contributed by atoms with Crippen LogP contribution in [0.25, 0.3) is 0 Å². The quantitative estimate of drug-likeness (QED) is 0.228. The maximum Gasteiger partial charge on any atom is 0.246 e. The lowest BCUT2D eigenvalue weighted by Crippen LogP contribution is -2.46. The number of nitrogens with two attached hydrogens (primary N) is 2. The molecule has 18 heavy (non-hydrogen) atoms. The van der Waals surface area contributed by atoms with Gasteiger partial charge in [0.2, 0.25) is 11.8 Å². The van der Waals surface area contributed by atoms with Gasteiger partial charge in [-0.05, 0) is 24.1 Å². The van der Waals surface area contributed by atoms with E-state index >= 15 is 0 Å². The second-order valence-electron chi connectivity index (χ2n) is 3.62. The molecular formula is C11H16N4O3. The Kier molecular flexibility index (Phi) is 5.09. The maximum absolute atomic E-state index is 11.5. The first-order valence-corrected chi connectivity index (χ1v) is 5.26. The molecule has 1 aromatic carbocycles. The lowest BCUT2D eigenvalue weighted by molar-refractivity contribution is -0.135. The standard InChI is InChI=1S/C11H16N4O3/c1-18-8-4-2-7(3-5-8)6-9(10(16)14-12)11(17)15-13/h2-5,9H,6,12-13H2,1H3,(H,14,16)(H,15,17). The van der Waals surface area contributed by atoms with Crippen LogP contribution in [0, 0.1) is 5.92 Å². The van der Waals surface area contributed by atoms with Gasteiger partial charge >= 0.3 is 0 Å². The number of hydrogen-bond acceptors (Lipinski definition) is 5. The molecule has 98 valence electrons. The highest BCUT2D eigenvalue weighted by atomic mass is 16.5. The number of carbonyl (C=O) groups excluding carboxylic acids is 2. The van der Waals surface area contributed by atoms with Crippen molar-refractivity contribution in [2.75, 3.05) is 7.11 Å². The average molecular weight is 252 g/mol. The van der Waals surface area contributed by atoms with E-state index < -0.39 is 17.7 Å². The van der Waals surface area contributed by atoms with Gasteiger partial charge in [0.25, 0.3) is 0 Å². The molecule has 0 aromatic heterocycles. The Morgan fingerprint density at radius 2 is 1.67 bits per heavy atom. The number of hydrazine groups is 2. The van der Waals surface area contributed by atoms with Crippen molar-refractivity contribution < 1.29 is 14.3 Å². The molecule has 7 heteroatoms. The summed E-state index contributed by atoms with van der Waals surface area (Å²) >= 11 is 0. The van der Waals surface area contributed by atoms with Crippen molar-refractivity contribution in [2.24, 2.45) is 17.6 Å². The predicted octanol–water partition coefficient (Wildman–Crippen LogP) is -1.17. The Balaban J connectivity index is 2.82. The number of benzene rings is 1. The Labute approximate surface area is 104 Å². The van der Waals surface area contributed by atoms with Crippen molar-refractivity contribution in [3.05, 3.63) is 29.8 Å². The molecule has 1 aromatic rings. The first kappa shape index (κ1) is 13.9. The summed E-state index contributed by atoms with van der Waals surface area (Å²) in [5.41, 5.74) is 4.69. The summed E-state index contributed by atoms with van der Waals surface area (Å²) in [5, 5.41) is 0. The van der Waals surface area contributed by atoms with E-state index in [1.54, 1.807) is 31.4 Å². The second kappa shape index (κ2) is 6.58. The highest BCUT2D eigenvalue weighted by Gasteiger charge is 2.25. The monoisotopic (exact) mass is 252 g/mol. The fraction of sp³-hybridized carbons (Fsp3) is 0.273. The van der Waals surface area contributed by atoms with E-state index in [-0.39, 0.29) is 6.42 Å². The van der Waals surface area contributed by atoms with Crippen LogP contribution in [-0.2, 0) is 16.0 Å². The van der Waals surface area contributed by atoms with Gasteiger partial charge in [0.15, 0.2) is 0 Å². The van der Waals surface area contributed by atoms with E-state index in [0.717, 1.165) is 5.56 Å². The highest BCUT2D eigenvalue weighted by Crippen LogP contribution is 2.15. The Morgan fingerprint density at radius 3 is 2.06 bits per heavy atom. The van der Waals surface area contributed by atoms with Crippen LogP contribution in [0.4, 0.5) is 0 Å². The number of carbonyl (C=O) groups is 2. The van der Waals surface area contributed by atoms with Crippen LogP contribution < -0.4 is 27.3 Å². The molecule has 0 aliphatic rings. The summed E-state index contributed by atoms with van der Waals surface area (Å²) in [6, 6.07) is 7.01. The van der Waals surface area contributed by atoms with E-state index in [1.165, 1.54) is 0 Å². The average Bonchev–Trinajstić information content (AvgIpc) is 2.43. The largest absolute Gasteiger partial charge is 0.497 e. The zero-order chi connectivity index (χ0) is 13.5. The lowest BCUT2D eigenvalue weighted by Gasteiger charge is -2.13. The molecule has 0 fully saturated rings. The van der Waals surface area contributed by atoms with Gasteiger partial charge < -0.3 is 4.74 Å². The van der Waals surface area contributed by atoms with Crippen LogP contribution in [0.1, 0.15) is 5.56 Å². The van der Waals surface area contributed by atoms with E-state index in [2.05, 4.69) is 0 Å². The smallest absolute Gasteiger partial charge is 0.246 e. The molecule has 0 bridgehead atoms. The third kappa shape index (κ3) is 3.44. The molecule has 7 nitrogen and oxygen atoms in total. The number of amides is 2. The van der Waals surface area contributed by atoms with Crippen LogP contribution >= 0.6 is 0 Å². The van der Waals surface area contributed by atoms with E-state index in [0.29, 0.717) is 5.75 Å². The van der Waals surface area contributed by atoms with Gasteiger partial charge in [0, 0.05) is 0 Å². The first-order valence-electron chi connectivity index (χ1n) is 5.26. The zero-order valence-electron chi connectivity index (χ0n) is 9.97. The summed E-state index contributed by atoms with van der Waals surface area (Å²) in [5.74, 6) is 8.60. The van der Waals surface area contributed by atoms with Gasteiger partial charge in [0.1, 0.15) is 11.7 Å². The van der Waals surface area contributed by atoms with Crippen LogP contribution in [0.5, 0.6) is 5.75 Å². The van der Waals surface area contributed by atoms with Gasteiger partial charge in [-0.25, -0.2) is 11.7 Å². The Hall–Kier alpha value is -2.12. The van der Waals surface area contributed by atoms with Crippen molar-refractivity contribution in [3.63, 3.8) is 0 Å². The molecule has 0 unspecified atom stereocenters. The van der Waals surface area contributed by atoms with Gasteiger partial charge in [-0.1, -0.05) is 12.1 Å². The molecule has 0 saturated heterocycles. The van der Waals surface area contributed by atoms with Gasteiger partial charge in [-0.3, -0.25) is 20.4 Å². The number of rotatable bonds is 5. The third-order valence-electron chi connectivity index (χ3n) is 2.52. The number of hydrogen-bond donors (Lipinski definition) is 4. The van der Waals surface area contributed by atoms with Crippen LogP contribution in [0.3, 0.4) is 0 Å². The fourth-order valence-electron chi connectivity index (χ4n) is 1.50. The van der Waals surface area contributed by atoms with Crippen molar-refractivity contribution in [1.82, 2.24) is 10.9 Å². The highest BCUT2D eigenvalue weighted by molar-refractivity contribution is 6.00. The van der Waals surface area contributed by atoms with Crippen molar-refractivity contribution in [3.8, 4) is 5.75 Å². The molecule has 0 spiro atoms. The van der Waals surface area contributed by atoms with Crippen molar-refractivity contribution in [2.45, 2.75) is 6.42 Å². The van der Waals surface area contributed by atoms with Crippen molar-refractivity contribution >= 4 is 11.8 Å². The number of nitrogens with one attached hydrogen (secondary N) is 2. The van der Waals surface area contributed by atoms with E-state index in [4.69, 9.17) is 16.4 Å². The maximum atomic E-state index is 11.5. The summed E-state index contributed by atoms with van der Waals surface area (Å²) in [6.07, 6.45) is 0.204. The van der Waals surface area contributed by atoms with Crippen LogP contribution in [0.2, 0.25) is 0 Å². The van der Waals surface area contributed by atoms with E-state index in [1.807, 2.05) is 10.9 Å². The minimum atomic E-state index is -0.964. The first-order chi connectivity index (χ1) is 8.62. The van der Waals surface area contributed by atoms with Crippen LogP contribution in [-0.4, -0.2) is 18.9 Å². The molecule has 0 radical (unpaired) electrons. The summed E-state index contributed by atoms with van der Waals surface area (Å²) in [4.78, 5) is 22.9. The third-order valence-corrected chi connectivity index (χ3v) is 2.52. The minimum absolute atomic E-state index is 0.204. The Bertz CT molecular complexity index is 403. The summed E-state index contributed by atoms with van der Waals surface area (Å²) < 4.78 is 5.01. The van der Waals surface area contributed by atoms with E-state index in [9.17, 15) is 9.59 Å². The molecule has 0 aliphatic carbocycles. The molecule has 0 saturated carbocycles. The fourth-order valence-corrected chi connectivity index (χ4v) is 1.50. The van der Waals surface area contributed by atoms with Gasteiger partial charge in [0.05, 0.1) is 7.11 Å². The molecule has 6 N–H and O–H groups in total. The lowest BCUT2D eigenvalue weighted by atomic mass is 9.98. The topological polar surface area (TPSA) is 119 Å². The normalized spacial score (nSPS) is 10.0. The summed E-state index contributed by atoms with van der Waals surface area (Å²) in [7, 11) is 1.56. The minimum Gasteiger partial charge on any atom is -0.497 e. The Morgan fingerprint density at radius 1 is 1.17 bits per heavy atom. The summed E-state index contributed by atoms with van der Waals surface area (Å²) in [6.45, 7) is 0. The molecule has 0 atom stereocenters.